The molecule has 0 N–H and O–H groups in total. The molecular weight excluding hydrogens is 250 g/mol. The van der Waals surface area contributed by atoms with E-state index in [0.717, 1.165) is 12.0 Å². The number of ether oxygens (including phenoxy) is 1. The third-order valence-corrected chi connectivity index (χ3v) is 2.35. The first-order chi connectivity index (χ1) is 8.56. The van der Waals surface area contributed by atoms with Gasteiger partial charge in [0, 0.05) is 19.3 Å². The van der Waals surface area contributed by atoms with Crippen LogP contribution in [0.1, 0.15) is 45.1 Å². The predicted molar refractivity (Wildman–Crippen MR) is 74.8 cm³/mol. The second-order valence-electron chi connectivity index (χ2n) is 4.08. The van der Waals surface area contributed by atoms with E-state index in [4.69, 9.17) is 16.3 Å². The van der Waals surface area contributed by atoms with Crippen LogP contribution in [-0.4, -0.2) is 17.6 Å². The fraction of sp³-hybridized carbons (Fsp3) is 0.571. The van der Waals surface area contributed by atoms with Crippen LogP contribution in [0.5, 0.6) is 0 Å². The van der Waals surface area contributed by atoms with Gasteiger partial charge in [-0.2, -0.15) is 0 Å². The number of unbranched alkanes of at least 4 members (excludes halogenated alkanes) is 3. The van der Waals surface area contributed by atoms with Crippen molar-refractivity contribution in [3.05, 3.63) is 29.0 Å². The van der Waals surface area contributed by atoms with Gasteiger partial charge in [0.25, 0.3) is 0 Å². The van der Waals surface area contributed by atoms with Crippen LogP contribution in [0, 0.1) is 6.92 Å². The van der Waals surface area contributed by atoms with E-state index in [1.165, 1.54) is 26.2 Å². The van der Waals surface area contributed by atoms with Crippen LogP contribution in [0.15, 0.2) is 18.5 Å². The van der Waals surface area contributed by atoms with Gasteiger partial charge in [-0.1, -0.05) is 37.8 Å². The molecule has 0 saturated carbocycles. The summed E-state index contributed by atoms with van der Waals surface area (Å²) in [5.41, 5.74) is 1.09. The molecule has 4 heteroatoms. The molecule has 0 aliphatic carbocycles. The standard InChI is InChI=1S/C8H16O2.C6H6ClN/c1-3-4-5-6-7-10-8(2)9;1-5-2-6(7)4-8-3-5/h3-7H2,1-2H3;2-4H,1H3. The number of hydrogen-bond acceptors (Lipinski definition) is 3. The second-order valence-corrected chi connectivity index (χ2v) is 4.52. The van der Waals surface area contributed by atoms with Crippen molar-refractivity contribution in [3.8, 4) is 0 Å². The summed E-state index contributed by atoms with van der Waals surface area (Å²) in [6.45, 7) is 6.15. The molecule has 0 atom stereocenters. The number of aromatic nitrogens is 1. The highest BCUT2D eigenvalue weighted by Crippen LogP contribution is 2.05. The average Bonchev–Trinajstić information content (AvgIpc) is 2.29. The molecule has 0 aliphatic heterocycles. The maximum absolute atomic E-state index is 10.3. The zero-order valence-electron chi connectivity index (χ0n) is 11.4. The Morgan fingerprint density at radius 2 is 2.06 bits per heavy atom. The Bertz CT molecular complexity index is 325. The molecule has 0 unspecified atom stereocenters. The van der Waals surface area contributed by atoms with Gasteiger partial charge < -0.3 is 4.74 Å². The lowest BCUT2D eigenvalue weighted by Gasteiger charge is -1.99. The van der Waals surface area contributed by atoms with Crippen molar-refractivity contribution in [2.75, 3.05) is 6.61 Å². The van der Waals surface area contributed by atoms with Gasteiger partial charge in [0.1, 0.15) is 0 Å². The summed E-state index contributed by atoms with van der Waals surface area (Å²) in [5.74, 6) is -0.170. The SMILES string of the molecule is CCCCCCOC(C)=O.Cc1cncc(Cl)c1. The van der Waals surface area contributed by atoms with E-state index in [0.29, 0.717) is 11.6 Å². The van der Waals surface area contributed by atoms with Gasteiger partial charge in [0.2, 0.25) is 0 Å². The summed E-state index contributed by atoms with van der Waals surface area (Å²) in [6.07, 6.45) is 8.03. The smallest absolute Gasteiger partial charge is 0.302 e. The molecule has 18 heavy (non-hydrogen) atoms. The van der Waals surface area contributed by atoms with Crippen molar-refractivity contribution in [3.63, 3.8) is 0 Å². The molecule has 0 amide bonds. The van der Waals surface area contributed by atoms with Crippen molar-refractivity contribution in [2.45, 2.75) is 46.5 Å². The Morgan fingerprint density at radius 3 is 2.50 bits per heavy atom. The van der Waals surface area contributed by atoms with Gasteiger partial charge in [0.05, 0.1) is 11.6 Å². The minimum atomic E-state index is -0.170. The number of pyridine rings is 1. The van der Waals surface area contributed by atoms with E-state index in [1.54, 1.807) is 12.4 Å². The minimum Gasteiger partial charge on any atom is -0.466 e. The van der Waals surface area contributed by atoms with Crippen molar-refractivity contribution in [2.24, 2.45) is 0 Å². The van der Waals surface area contributed by atoms with Gasteiger partial charge in [-0.3, -0.25) is 9.78 Å². The van der Waals surface area contributed by atoms with Crippen LogP contribution < -0.4 is 0 Å². The number of halogens is 1. The third-order valence-electron chi connectivity index (χ3n) is 2.14. The first-order valence-electron chi connectivity index (χ1n) is 6.26. The van der Waals surface area contributed by atoms with Crippen molar-refractivity contribution in [1.82, 2.24) is 4.98 Å². The molecule has 1 rings (SSSR count). The van der Waals surface area contributed by atoms with Gasteiger partial charge >= 0.3 is 5.97 Å². The van der Waals surface area contributed by atoms with Crippen molar-refractivity contribution in [1.29, 1.82) is 0 Å². The molecule has 1 aromatic rings. The fourth-order valence-corrected chi connectivity index (χ4v) is 1.49. The first kappa shape index (κ1) is 16.9. The lowest BCUT2D eigenvalue weighted by molar-refractivity contribution is -0.141. The van der Waals surface area contributed by atoms with Crippen LogP contribution in [0.25, 0.3) is 0 Å². The van der Waals surface area contributed by atoms with Crippen LogP contribution in [0.4, 0.5) is 0 Å². The molecule has 0 radical (unpaired) electrons. The summed E-state index contributed by atoms with van der Waals surface area (Å²) in [7, 11) is 0. The molecule has 1 heterocycles. The molecular formula is C14H22ClNO2. The van der Waals surface area contributed by atoms with Gasteiger partial charge in [-0.15, -0.1) is 0 Å². The lowest BCUT2D eigenvalue weighted by Crippen LogP contribution is -1.99. The normalized spacial score (nSPS) is 9.33. The molecule has 0 spiro atoms. The first-order valence-corrected chi connectivity index (χ1v) is 6.64. The number of hydrogen-bond donors (Lipinski definition) is 0. The molecule has 1 aromatic heterocycles. The predicted octanol–water partition coefficient (Wildman–Crippen LogP) is 4.17. The third kappa shape index (κ3) is 11.4. The highest BCUT2D eigenvalue weighted by Gasteiger charge is 1.91. The zero-order chi connectivity index (χ0) is 13.8. The van der Waals surface area contributed by atoms with E-state index in [2.05, 4.69) is 11.9 Å². The summed E-state index contributed by atoms with van der Waals surface area (Å²) < 4.78 is 4.75. The number of rotatable bonds is 5. The summed E-state index contributed by atoms with van der Waals surface area (Å²) in [5, 5.41) is 0.699. The fourth-order valence-electron chi connectivity index (χ4n) is 1.26. The second kappa shape index (κ2) is 11.0. The number of aryl methyl sites for hydroxylation is 1. The van der Waals surface area contributed by atoms with Gasteiger partial charge in [-0.05, 0) is 25.0 Å². The van der Waals surface area contributed by atoms with Crippen molar-refractivity contribution < 1.29 is 9.53 Å². The zero-order valence-corrected chi connectivity index (χ0v) is 12.2. The summed E-state index contributed by atoms with van der Waals surface area (Å²) >= 11 is 5.58. The van der Waals surface area contributed by atoms with E-state index in [-0.39, 0.29) is 5.97 Å². The summed E-state index contributed by atoms with van der Waals surface area (Å²) in [6, 6.07) is 1.87. The van der Waals surface area contributed by atoms with E-state index in [9.17, 15) is 4.79 Å². The van der Waals surface area contributed by atoms with E-state index >= 15 is 0 Å². The molecule has 102 valence electrons. The number of carbonyl (C=O) groups excluding carboxylic acids is 1. The Balaban J connectivity index is 0.000000327. The Hall–Kier alpha value is -1.09. The number of esters is 1. The molecule has 0 aliphatic rings. The van der Waals surface area contributed by atoms with Crippen molar-refractivity contribution >= 4 is 17.6 Å². The highest BCUT2D eigenvalue weighted by molar-refractivity contribution is 6.30. The van der Waals surface area contributed by atoms with Crippen LogP contribution >= 0.6 is 11.6 Å². The van der Waals surface area contributed by atoms with Crippen LogP contribution in [0.2, 0.25) is 5.02 Å². The summed E-state index contributed by atoms with van der Waals surface area (Å²) in [4.78, 5) is 14.1. The monoisotopic (exact) mass is 271 g/mol. The topological polar surface area (TPSA) is 39.2 Å². The van der Waals surface area contributed by atoms with Gasteiger partial charge in [0.15, 0.2) is 0 Å². The molecule has 0 bridgehead atoms. The average molecular weight is 272 g/mol. The van der Waals surface area contributed by atoms with Crippen LogP contribution in [0.3, 0.4) is 0 Å². The number of nitrogens with zero attached hydrogens (tertiary/aromatic N) is 1. The molecule has 0 aromatic carbocycles. The largest absolute Gasteiger partial charge is 0.466 e. The number of carbonyl (C=O) groups is 1. The lowest BCUT2D eigenvalue weighted by atomic mass is 10.2. The molecule has 0 fully saturated rings. The minimum absolute atomic E-state index is 0.170. The quantitative estimate of drug-likeness (QED) is 0.596. The van der Waals surface area contributed by atoms with E-state index < -0.39 is 0 Å². The molecule has 0 saturated heterocycles. The Labute approximate surface area is 115 Å². The maximum Gasteiger partial charge on any atom is 0.302 e. The maximum atomic E-state index is 10.3. The van der Waals surface area contributed by atoms with E-state index in [1.807, 2.05) is 13.0 Å². The van der Waals surface area contributed by atoms with Gasteiger partial charge in [-0.25, -0.2) is 0 Å². The highest BCUT2D eigenvalue weighted by atomic mass is 35.5. The Morgan fingerprint density at radius 1 is 1.33 bits per heavy atom. The molecule has 3 nitrogen and oxygen atoms in total. The Kier molecular flexibility index (Phi) is 10.4. The van der Waals surface area contributed by atoms with Crippen LogP contribution in [-0.2, 0) is 9.53 Å².